The average Bonchev–Trinajstić information content (AvgIpc) is 3.25. The van der Waals surface area contributed by atoms with Gasteiger partial charge in [-0.05, 0) is 49.2 Å². The molecule has 0 aliphatic carbocycles. The highest BCUT2D eigenvalue weighted by atomic mass is 35.5. The lowest BCUT2D eigenvalue weighted by atomic mass is 10.1. The highest BCUT2D eigenvalue weighted by Crippen LogP contribution is 2.31. The van der Waals surface area contributed by atoms with E-state index in [4.69, 9.17) is 26.1 Å². The first-order valence-electron chi connectivity index (χ1n) is 9.21. The standard InChI is InChI=1S/C23H21ClN2O2S/c1-15-14-26-19(6-4-5-16-7-12-20(27-2)21(13-16)28-3)22(25-23(26)29-15)17-8-10-18(24)11-9-17/h4,6-14H,5H2,1-3H3/b6-4+. The first-order valence-corrected chi connectivity index (χ1v) is 10.4. The van der Waals surface area contributed by atoms with Gasteiger partial charge in [-0.15, -0.1) is 11.3 Å². The fraction of sp³-hybridized carbons (Fsp3) is 0.174. The van der Waals surface area contributed by atoms with Gasteiger partial charge >= 0.3 is 0 Å². The predicted octanol–water partition coefficient (Wildman–Crippen LogP) is 6.30. The van der Waals surface area contributed by atoms with Crippen molar-refractivity contribution in [2.45, 2.75) is 13.3 Å². The monoisotopic (exact) mass is 424 g/mol. The second kappa shape index (κ2) is 8.31. The van der Waals surface area contributed by atoms with Crippen LogP contribution in [-0.2, 0) is 6.42 Å². The molecule has 0 spiro atoms. The van der Waals surface area contributed by atoms with Crippen molar-refractivity contribution in [2.75, 3.05) is 14.2 Å². The van der Waals surface area contributed by atoms with Crippen LogP contribution >= 0.6 is 22.9 Å². The number of aromatic nitrogens is 2. The third kappa shape index (κ3) is 4.02. The third-order valence-corrected chi connectivity index (χ3v) is 5.82. The molecule has 0 saturated carbocycles. The fourth-order valence-electron chi connectivity index (χ4n) is 3.27. The van der Waals surface area contributed by atoms with E-state index in [0.29, 0.717) is 0 Å². The van der Waals surface area contributed by atoms with Crippen LogP contribution in [0, 0.1) is 6.92 Å². The number of aryl methyl sites for hydroxylation is 1. The van der Waals surface area contributed by atoms with Crippen molar-refractivity contribution < 1.29 is 9.47 Å². The van der Waals surface area contributed by atoms with Gasteiger partial charge in [0.05, 0.1) is 25.6 Å². The summed E-state index contributed by atoms with van der Waals surface area (Å²) in [6, 6.07) is 13.8. The molecule has 2 aromatic carbocycles. The number of hydrogen-bond acceptors (Lipinski definition) is 4. The molecular weight excluding hydrogens is 404 g/mol. The van der Waals surface area contributed by atoms with Gasteiger partial charge in [0, 0.05) is 21.7 Å². The lowest BCUT2D eigenvalue weighted by Crippen LogP contribution is -1.92. The van der Waals surface area contributed by atoms with Gasteiger partial charge in [-0.2, -0.15) is 0 Å². The molecule has 6 heteroatoms. The summed E-state index contributed by atoms with van der Waals surface area (Å²) in [6.45, 7) is 2.10. The molecular formula is C23H21ClN2O2S. The van der Waals surface area contributed by atoms with Crippen LogP contribution in [0.4, 0.5) is 0 Å². The summed E-state index contributed by atoms with van der Waals surface area (Å²) >= 11 is 7.74. The van der Waals surface area contributed by atoms with Crippen LogP contribution in [0.1, 0.15) is 16.1 Å². The molecule has 0 unspecified atom stereocenters. The third-order valence-electron chi connectivity index (χ3n) is 4.67. The molecule has 0 aliphatic rings. The van der Waals surface area contributed by atoms with Crippen molar-refractivity contribution in [3.63, 3.8) is 0 Å². The van der Waals surface area contributed by atoms with Gasteiger partial charge in [-0.3, -0.25) is 4.40 Å². The average molecular weight is 425 g/mol. The smallest absolute Gasteiger partial charge is 0.194 e. The van der Waals surface area contributed by atoms with Crippen LogP contribution in [0.3, 0.4) is 0 Å². The normalized spacial score (nSPS) is 11.4. The van der Waals surface area contributed by atoms with Crippen LogP contribution < -0.4 is 9.47 Å². The topological polar surface area (TPSA) is 35.8 Å². The number of thiazole rings is 1. The van der Waals surface area contributed by atoms with Gasteiger partial charge in [-0.25, -0.2) is 4.98 Å². The van der Waals surface area contributed by atoms with Gasteiger partial charge in [0.25, 0.3) is 0 Å². The molecule has 4 nitrogen and oxygen atoms in total. The number of nitrogens with zero attached hydrogens (tertiary/aromatic N) is 2. The molecule has 0 radical (unpaired) electrons. The van der Waals surface area contributed by atoms with Gasteiger partial charge < -0.3 is 9.47 Å². The number of methoxy groups -OCH3 is 2. The first-order chi connectivity index (χ1) is 14.1. The van der Waals surface area contributed by atoms with Gasteiger partial charge in [-0.1, -0.05) is 35.9 Å². The second-order valence-electron chi connectivity index (χ2n) is 6.64. The summed E-state index contributed by atoms with van der Waals surface area (Å²) in [6.07, 6.45) is 7.18. The predicted molar refractivity (Wildman–Crippen MR) is 121 cm³/mol. The Balaban J connectivity index is 1.67. The van der Waals surface area contributed by atoms with E-state index in [0.717, 1.165) is 50.4 Å². The van der Waals surface area contributed by atoms with Crippen molar-refractivity contribution in [3.05, 3.63) is 75.9 Å². The van der Waals surface area contributed by atoms with Gasteiger partial charge in [0.15, 0.2) is 16.5 Å². The minimum Gasteiger partial charge on any atom is -0.493 e. The molecule has 148 valence electrons. The lowest BCUT2D eigenvalue weighted by molar-refractivity contribution is 0.354. The van der Waals surface area contributed by atoms with E-state index in [1.54, 1.807) is 25.6 Å². The Morgan fingerprint density at radius 2 is 1.83 bits per heavy atom. The van der Waals surface area contributed by atoms with Crippen molar-refractivity contribution in [2.24, 2.45) is 0 Å². The Bertz CT molecular complexity index is 1180. The minimum absolute atomic E-state index is 0.719. The number of hydrogen-bond donors (Lipinski definition) is 0. The number of fused-ring (bicyclic) bond motifs is 1. The molecule has 4 rings (SSSR count). The summed E-state index contributed by atoms with van der Waals surface area (Å²) < 4.78 is 12.9. The largest absolute Gasteiger partial charge is 0.493 e. The number of rotatable bonds is 6. The van der Waals surface area contributed by atoms with E-state index < -0.39 is 0 Å². The Morgan fingerprint density at radius 1 is 1.07 bits per heavy atom. The van der Waals surface area contributed by atoms with Crippen LogP contribution in [0.25, 0.3) is 22.3 Å². The Labute approximate surface area is 179 Å². The van der Waals surface area contributed by atoms with Gasteiger partial charge in [0.1, 0.15) is 0 Å². The van der Waals surface area contributed by atoms with E-state index in [2.05, 4.69) is 29.7 Å². The zero-order valence-electron chi connectivity index (χ0n) is 16.5. The fourth-order valence-corrected chi connectivity index (χ4v) is 4.22. The molecule has 0 fully saturated rings. The lowest BCUT2D eigenvalue weighted by Gasteiger charge is -2.08. The maximum atomic E-state index is 6.06. The zero-order valence-corrected chi connectivity index (χ0v) is 18.1. The summed E-state index contributed by atoms with van der Waals surface area (Å²) in [5, 5.41) is 0.719. The van der Waals surface area contributed by atoms with Crippen LogP contribution in [0.5, 0.6) is 11.5 Å². The van der Waals surface area contributed by atoms with Crippen molar-refractivity contribution >= 4 is 34.0 Å². The highest BCUT2D eigenvalue weighted by Gasteiger charge is 2.14. The molecule has 4 aromatic rings. The molecule has 29 heavy (non-hydrogen) atoms. The maximum absolute atomic E-state index is 6.06. The zero-order chi connectivity index (χ0) is 20.4. The second-order valence-corrected chi connectivity index (χ2v) is 8.29. The number of benzene rings is 2. The summed E-state index contributed by atoms with van der Waals surface area (Å²) in [5.41, 5.74) is 4.21. The molecule has 2 heterocycles. The molecule has 0 aliphatic heterocycles. The van der Waals surface area contributed by atoms with Crippen LogP contribution in [0.15, 0.2) is 54.7 Å². The minimum atomic E-state index is 0.719. The quantitative estimate of drug-likeness (QED) is 0.364. The molecule has 0 amide bonds. The molecule has 0 saturated heterocycles. The summed E-state index contributed by atoms with van der Waals surface area (Å²) in [4.78, 5) is 7.07. The van der Waals surface area contributed by atoms with E-state index in [1.807, 2.05) is 42.5 Å². The van der Waals surface area contributed by atoms with Crippen LogP contribution in [-0.4, -0.2) is 23.6 Å². The van der Waals surface area contributed by atoms with Crippen molar-refractivity contribution in [3.8, 4) is 22.8 Å². The van der Waals surface area contributed by atoms with E-state index >= 15 is 0 Å². The summed E-state index contributed by atoms with van der Waals surface area (Å²) in [7, 11) is 3.29. The van der Waals surface area contributed by atoms with Crippen LogP contribution in [0.2, 0.25) is 5.02 Å². The Morgan fingerprint density at radius 3 is 2.55 bits per heavy atom. The van der Waals surface area contributed by atoms with Crippen molar-refractivity contribution in [1.29, 1.82) is 0 Å². The molecule has 0 N–H and O–H groups in total. The number of halogens is 1. The SMILES string of the molecule is COc1ccc(C/C=C/c2c(-c3ccc(Cl)cc3)nc3sc(C)cn23)cc1OC. The summed E-state index contributed by atoms with van der Waals surface area (Å²) in [5.74, 6) is 1.47. The van der Waals surface area contributed by atoms with Gasteiger partial charge in [0.2, 0.25) is 0 Å². The van der Waals surface area contributed by atoms with E-state index in [-0.39, 0.29) is 0 Å². The Kier molecular flexibility index (Phi) is 5.60. The number of imidazole rings is 1. The number of allylic oxidation sites excluding steroid dienone is 1. The highest BCUT2D eigenvalue weighted by molar-refractivity contribution is 7.17. The van der Waals surface area contributed by atoms with Crippen molar-refractivity contribution in [1.82, 2.24) is 9.38 Å². The number of ether oxygens (including phenoxy) is 2. The van der Waals surface area contributed by atoms with E-state index in [1.165, 1.54) is 4.88 Å². The molecule has 0 atom stereocenters. The first kappa shape index (κ1) is 19.6. The molecule has 2 aromatic heterocycles. The maximum Gasteiger partial charge on any atom is 0.194 e. The molecule has 0 bridgehead atoms. The van der Waals surface area contributed by atoms with E-state index in [9.17, 15) is 0 Å². The Hall–Kier alpha value is -2.76.